The molecule has 0 bridgehead atoms. The SMILES string of the molecule is O=C(O)C(=O)O.[H+].[S-2]. The smallest absolute Gasteiger partial charge is 1.00 e. The fraction of sp³-hybridized carbons (Fsp3) is 0. The molecule has 0 unspecified atom stereocenters. The zero-order chi connectivity index (χ0) is 5.15. The average molecular weight is 123 g/mol. The third-order valence-corrected chi connectivity index (χ3v) is 0.183. The molecule has 7 heavy (non-hydrogen) atoms. The van der Waals surface area contributed by atoms with Crippen molar-refractivity contribution in [3.63, 3.8) is 0 Å². The monoisotopic (exact) mass is 123 g/mol. The number of hydrogen-bond donors (Lipinski definition) is 2. The summed E-state index contributed by atoms with van der Waals surface area (Å²) in [4.78, 5) is 18.2. The quantitative estimate of drug-likeness (QED) is 0.416. The second-order valence-electron chi connectivity index (χ2n) is 0.610. The van der Waals surface area contributed by atoms with E-state index in [0.717, 1.165) is 0 Å². The third-order valence-electron chi connectivity index (χ3n) is 0.183. The van der Waals surface area contributed by atoms with Gasteiger partial charge in [-0.2, -0.15) is 0 Å². The lowest BCUT2D eigenvalue weighted by Gasteiger charge is -2.00. The normalized spacial score (nSPS) is 6.29. The van der Waals surface area contributed by atoms with Crippen molar-refractivity contribution in [3.05, 3.63) is 0 Å². The van der Waals surface area contributed by atoms with Crippen LogP contribution in [0.15, 0.2) is 0 Å². The van der Waals surface area contributed by atoms with Crippen LogP contribution in [-0.4, -0.2) is 22.2 Å². The van der Waals surface area contributed by atoms with E-state index in [1.165, 1.54) is 0 Å². The van der Waals surface area contributed by atoms with E-state index in [0.29, 0.717) is 0 Å². The number of carbonyl (C=O) groups is 2. The first kappa shape index (κ1) is 9.56. The van der Waals surface area contributed by atoms with Gasteiger partial charge in [-0.1, -0.05) is 0 Å². The molecule has 0 aromatic heterocycles. The summed E-state index contributed by atoms with van der Waals surface area (Å²) >= 11 is 0. The minimum atomic E-state index is -1.82. The Labute approximate surface area is 47.7 Å². The number of aliphatic carboxylic acids is 2. The summed E-state index contributed by atoms with van der Waals surface area (Å²) in [5.74, 6) is -3.65. The summed E-state index contributed by atoms with van der Waals surface area (Å²) in [6.45, 7) is 0. The number of rotatable bonds is 0. The molecule has 0 saturated heterocycles. The Bertz CT molecular complexity index is 80.0. The van der Waals surface area contributed by atoms with E-state index in [9.17, 15) is 0 Å². The van der Waals surface area contributed by atoms with Gasteiger partial charge in [0.2, 0.25) is 0 Å². The fourth-order valence-corrected chi connectivity index (χ4v) is 0. The van der Waals surface area contributed by atoms with Gasteiger partial charge < -0.3 is 23.7 Å². The van der Waals surface area contributed by atoms with Gasteiger partial charge >= 0.3 is 13.4 Å². The highest BCUT2D eigenvalue weighted by Gasteiger charge is 2.04. The van der Waals surface area contributed by atoms with Crippen molar-refractivity contribution in [1.29, 1.82) is 0 Å². The summed E-state index contributed by atoms with van der Waals surface area (Å²) in [6, 6.07) is 0. The first-order chi connectivity index (χ1) is 2.64. The lowest BCUT2D eigenvalue weighted by molar-refractivity contribution is -0.159. The zero-order valence-corrected chi connectivity index (χ0v) is 3.94. The predicted octanol–water partition coefficient (Wildman–Crippen LogP) is -0.734. The first-order valence-corrected chi connectivity index (χ1v) is 1.11. The third kappa shape index (κ3) is 5.29. The van der Waals surface area contributed by atoms with Crippen LogP contribution in [0.2, 0.25) is 0 Å². The molecule has 4 nitrogen and oxygen atoms in total. The van der Waals surface area contributed by atoms with E-state index in [4.69, 9.17) is 19.8 Å². The summed E-state index contributed by atoms with van der Waals surface area (Å²) in [6.07, 6.45) is 0. The largest absolute Gasteiger partial charge is 2.00 e. The standard InChI is InChI=1S/C2H2O4.S/c3-1(4)2(5)6;/h(H,3,4)(H,5,6);/q;-2/p+1. The summed E-state index contributed by atoms with van der Waals surface area (Å²) < 4.78 is 0. The van der Waals surface area contributed by atoms with Crippen molar-refractivity contribution in [1.82, 2.24) is 0 Å². The molecule has 0 aliphatic rings. The molecule has 0 aromatic rings. The maximum Gasteiger partial charge on any atom is 1.00 e. The van der Waals surface area contributed by atoms with Gasteiger partial charge in [0.15, 0.2) is 0 Å². The van der Waals surface area contributed by atoms with E-state index < -0.39 is 11.9 Å². The first-order valence-electron chi connectivity index (χ1n) is 1.11. The Morgan fingerprint density at radius 3 is 1.29 bits per heavy atom. The van der Waals surface area contributed by atoms with Crippen LogP contribution in [0.5, 0.6) is 0 Å². The highest BCUT2D eigenvalue weighted by atomic mass is 32.1. The molecule has 0 spiro atoms. The Hall–Kier alpha value is -0.710. The van der Waals surface area contributed by atoms with Crippen LogP contribution in [-0.2, 0) is 23.1 Å². The molecule has 0 fully saturated rings. The van der Waals surface area contributed by atoms with Gasteiger partial charge in [0.05, 0.1) is 0 Å². The van der Waals surface area contributed by atoms with Crippen molar-refractivity contribution < 1.29 is 21.2 Å². The minimum Gasteiger partial charge on any atom is -2.00 e. The molecular formula is C2H3O4S-. The molecular weight excluding hydrogens is 120 g/mol. The van der Waals surface area contributed by atoms with E-state index in [-0.39, 0.29) is 14.9 Å². The van der Waals surface area contributed by atoms with Crippen molar-refractivity contribution in [2.75, 3.05) is 0 Å². The Balaban J connectivity index is -0.000000125. The van der Waals surface area contributed by atoms with E-state index >= 15 is 0 Å². The van der Waals surface area contributed by atoms with Gasteiger partial charge in [-0.05, 0) is 0 Å². The molecule has 0 aliphatic heterocycles. The molecule has 0 radical (unpaired) electrons. The second-order valence-corrected chi connectivity index (χ2v) is 0.610. The number of hydrogen-bond acceptors (Lipinski definition) is 2. The van der Waals surface area contributed by atoms with Crippen molar-refractivity contribution in [2.24, 2.45) is 0 Å². The average Bonchev–Trinajstić information content (AvgIpc) is 1.36. The van der Waals surface area contributed by atoms with Crippen LogP contribution in [0, 0.1) is 0 Å². The minimum absolute atomic E-state index is 0. The van der Waals surface area contributed by atoms with E-state index in [2.05, 4.69) is 0 Å². The second kappa shape index (κ2) is 3.48. The highest BCUT2D eigenvalue weighted by molar-refractivity contribution is 7.37. The lowest BCUT2D eigenvalue weighted by Crippen LogP contribution is -2.09. The van der Waals surface area contributed by atoms with Gasteiger partial charge in [0.25, 0.3) is 0 Å². The summed E-state index contributed by atoms with van der Waals surface area (Å²) in [5.41, 5.74) is 0. The van der Waals surface area contributed by atoms with Crippen LogP contribution in [0.25, 0.3) is 0 Å². The lowest BCUT2D eigenvalue weighted by atomic mass is 10.7. The molecule has 42 valence electrons. The van der Waals surface area contributed by atoms with Crippen LogP contribution in [0.1, 0.15) is 1.43 Å². The Morgan fingerprint density at radius 1 is 1.14 bits per heavy atom. The summed E-state index contributed by atoms with van der Waals surface area (Å²) in [5, 5.41) is 14.8. The van der Waals surface area contributed by atoms with Gasteiger partial charge in [-0.3, -0.25) is 0 Å². The van der Waals surface area contributed by atoms with Crippen molar-refractivity contribution >= 4 is 25.4 Å². The van der Waals surface area contributed by atoms with Gasteiger partial charge in [-0.15, -0.1) is 0 Å². The van der Waals surface area contributed by atoms with Crippen LogP contribution >= 0.6 is 0 Å². The number of carboxylic acids is 2. The zero-order valence-electron chi connectivity index (χ0n) is 4.12. The molecule has 2 N–H and O–H groups in total. The molecule has 0 amide bonds. The van der Waals surface area contributed by atoms with Crippen molar-refractivity contribution in [3.8, 4) is 0 Å². The fourth-order valence-electron chi connectivity index (χ4n) is 0. The molecule has 0 aliphatic carbocycles. The van der Waals surface area contributed by atoms with E-state index in [1.807, 2.05) is 0 Å². The summed E-state index contributed by atoms with van der Waals surface area (Å²) in [7, 11) is 0. The van der Waals surface area contributed by atoms with Crippen LogP contribution in [0.3, 0.4) is 0 Å². The molecule has 5 heteroatoms. The Morgan fingerprint density at radius 2 is 1.29 bits per heavy atom. The Kier molecular flexibility index (Phi) is 4.75. The predicted molar refractivity (Wildman–Crippen MR) is 23.7 cm³/mol. The molecule has 0 rings (SSSR count). The highest BCUT2D eigenvalue weighted by Crippen LogP contribution is 1.56. The number of carboxylic acid groups (broad SMARTS) is 2. The van der Waals surface area contributed by atoms with Crippen molar-refractivity contribution in [2.45, 2.75) is 0 Å². The maximum absolute atomic E-state index is 9.10. The molecule has 0 aromatic carbocycles. The van der Waals surface area contributed by atoms with E-state index in [1.54, 1.807) is 0 Å². The topological polar surface area (TPSA) is 74.6 Å². The van der Waals surface area contributed by atoms with Gasteiger partial charge in [0, 0.05) is 0 Å². The maximum atomic E-state index is 9.10. The molecule has 0 saturated carbocycles. The molecule has 0 atom stereocenters. The van der Waals surface area contributed by atoms with Gasteiger partial charge in [0.1, 0.15) is 0 Å². The van der Waals surface area contributed by atoms with Gasteiger partial charge in [-0.25, -0.2) is 9.59 Å². The molecule has 0 heterocycles. The van der Waals surface area contributed by atoms with Crippen LogP contribution in [0.4, 0.5) is 0 Å². The van der Waals surface area contributed by atoms with Crippen LogP contribution < -0.4 is 0 Å².